The van der Waals surface area contributed by atoms with E-state index >= 15 is 0 Å². The van der Waals surface area contributed by atoms with Crippen molar-refractivity contribution in [3.05, 3.63) is 12.2 Å². The van der Waals surface area contributed by atoms with Gasteiger partial charge in [-0.3, -0.25) is 4.79 Å². The summed E-state index contributed by atoms with van der Waals surface area (Å²) < 4.78 is 0. The van der Waals surface area contributed by atoms with E-state index in [4.69, 9.17) is 5.11 Å². The average Bonchev–Trinajstić information content (AvgIpc) is 2.37. The molecule has 110 valence electrons. The molecule has 0 unspecified atom stereocenters. The van der Waals surface area contributed by atoms with E-state index in [1.807, 2.05) is 19.1 Å². The molecule has 0 spiro atoms. The number of nitrogens with one attached hydrogen (secondary N) is 1. The quantitative estimate of drug-likeness (QED) is 0.447. The molecule has 0 aromatic rings. The van der Waals surface area contributed by atoms with Crippen LogP contribution in [0.3, 0.4) is 0 Å². The van der Waals surface area contributed by atoms with Crippen LogP contribution in [0.15, 0.2) is 12.2 Å². The van der Waals surface area contributed by atoms with Crippen LogP contribution in [0.2, 0.25) is 0 Å². The topological polar surface area (TPSA) is 66.4 Å². The molecule has 2 N–H and O–H groups in total. The number of carboxylic acids is 1. The van der Waals surface area contributed by atoms with Crippen LogP contribution in [0.25, 0.3) is 0 Å². The number of hydrogen-bond donors (Lipinski definition) is 2. The molecule has 0 aliphatic rings. The summed E-state index contributed by atoms with van der Waals surface area (Å²) in [5.74, 6) is -1.18. The van der Waals surface area contributed by atoms with Crippen molar-refractivity contribution in [3.8, 4) is 0 Å². The zero-order chi connectivity index (χ0) is 14.5. The minimum atomic E-state index is -0.959. The SMILES string of the molecule is CCCCCC/C=C/CC(=O)N[C@@H](CCC)C(=O)O. The fourth-order valence-corrected chi connectivity index (χ4v) is 1.80. The molecule has 4 heteroatoms. The Kier molecular flexibility index (Phi) is 10.9. The summed E-state index contributed by atoms with van der Waals surface area (Å²) in [6, 6.07) is -0.754. The molecule has 0 aliphatic heterocycles. The van der Waals surface area contributed by atoms with Crippen molar-refractivity contribution >= 4 is 11.9 Å². The molecular weight excluding hydrogens is 242 g/mol. The molecule has 0 aromatic carbocycles. The number of carboxylic acid groups (broad SMARTS) is 1. The van der Waals surface area contributed by atoms with Gasteiger partial charge in [0, 0.05) is 6.42 Å². The summed E-state index contributed by atoms with van der Waals surface area (Å²) >= 11 is 0. The van der Waals surface area contributed by atoms with E-state index in [0.29, 0.717) is 6.42 Å². The van der Waals surface area contributed by atoms with E-state index in [9.17, 15) is 9.59 Å². The third-order valence-corrected chi connectivity index (χ3v) is 2.90. The van der Waals surface area contributed by atoms with Gasteiger partial charge in [-0.1, -0.05) is 51.7 Å². The largest absolute Gasteiger partial charge is 0.480 e. The van der Waals surface area contributed by atoms with Gasteiger partial charge in [-0.05, 0) is 19.3 Å². The van der Waals surface area contributed by atoms with Crippen molar-refractivity contribution in [2.75, 3.05) is 0 Å². The van der Waals surface area contributed by atoms with E-state index in [0.717, 1.165) is 19.3 Å². The van der Waals surface area contributed by atoms with Crippen molar-refractivity contribution in [1.29, 1.82) is 0 Å². The average molecular weight is 269 g/mol. The first-order valence-electron chi connectivity index (χ1n) is 7.29. The van der Waals surface area contributed by atoms with Crippen LogP contribution >= 0.6 is 0 Å². The zero-order valence-electron chi connectivity index (χ0n) is 12.2. The Morgan fingerprint density at radius 2 is 1.84 bits per heavy atom. The molecule has 0 radical (unpaired) electrons. The maximum atomic E-state index is 11.5. The first kappa shape index (κ1) is 17.7. The Morgan fingerprint density at radius 1 is 1.11 bits per heavy atom. The van der Waals surface area contributed by atoms with Crippen LogP contribution in [0, 0.1) is 0 Å². The normalized spacial score (nSPS) is 12.5. The highest BCUT2D eigenvalue weighted by molar-refractivity contribution is 5.84. The van der Waals surface area contributed by atoms with Gasteiger partial charge in [-0.25, -0.2) is 4.79 Å². The predicted octanol–water partition coefficient (Wildman–Crippen LogP) is 3.27. The van der Waals surface area contributed by atoms with Crippen molar-refractivity contribution in [1.82, 2.24) is 5.32 Å². The van der Waals surface area contributed by atoms with Crippen molar-refractivity contribution < 1.29 is 14.7 Å². The van der Waals surface area contributed by atoms with E-state index in [2.05, 4.69) is 12.2 Å². The van der Waals surface area contributed by atoms with Crippen molar-refractivity contribution in [3.63, 3.8) is 0 Å². The van der Waals surface area contributed by atoms with Crippen molar-refractivity contribution in [2.45, 2.75) is 71.3 Å². The van der Waals surface area contributed by atoms with Crippen molar-refractivity contribution in [2.24, 2.45) is 0 Å². The molecule has 0 saturated heterocycles. The standard InChI is InChI=1S/C15H27NO3/c1-3-5-6-7-8-9-10-12-14(17)16-13(11-4-2)15(18)19/h9-10,13H,3-8,11-12H2,1-2H3,(H,16,17)(H,18,19)/b10-9+/t13-/m0/s1. The Bertz CT molecular complexity index is 287. The van der Waals surface area contributed by atoms with Gasteiger partial charge in [0.05, 0.1) is 0 Å². The minimum Gasteiger partial charge on any atom is -0.480 e. The molecule has 0 fully saturated rings. The number of amides is 1. The first-order chi connectivity index (χ1) is 9.11. The highest BCUT2D eigenvalue weighted by Crippen LogP contribution is 2.03. The lowest BCUT2D eigenvalue weighted by Gasteiger charge is -2.12. The zero-order valence-corrected chi connectivity index (χ0v) is 12.2. The highest BCUT2D eigenvalue weighted by Gasteiger charge is 2.17. The van der Waals surface area contributed by atoms with Gasteiger partial charge < -0.3 is 10.4 Å². The third-order valence-electron chi connectivity index (χ3n) is 2.90. The number of carbonyl (C=O) groups is 2. The molecule has 0 heterocycles. The lowest BCUT2D eigenvalue weighted by Crippen LogP contribution is -2.40. The molecule has 1 amide bonds. The lowest BCUT2D eigenvalue weighted by molar-refractivity contribution is -0.141. The molecule has 19 heavy (non-hydrogen) atoms. The Hall–Kier alpha value is -1.32. The van der Waals surface area contributed by atoms with Gasteiger partial charge in [0.15, 0.2) is 0 Å². The molecule has 0 aromatic heterocycles. The molecule has 4 nitrogen and oxygen atoms in total. The summed E-state index contributed by atoms with van der Waals surface area (Å²) in [5.41, 5.74) is 0. The van der Waals surface area contributed by atoms with E-state index in [1.165, 1.54) is 19.3 Å². The number of carbonyl (C=O) groups excluding carboxylic acids is 1. The Morgan fingerprint density at radius 3 is 2.42 bits per heavy atom. The smallest absolute Gasteiger partial charge is 0.326 e. The van der Waals surface area contributed by atoms with E-state index < -0.39 is 12.0 Å². The van der Waals surface area contributed by atoms with Gasteiger partial charge in [0.2, 0.25) is 5.91 Å². The summed E-state index contributed by atoms with van der Waals surface area (Å²) in [7, 11) is 0. The summed E-state index contributed by atoms with van der Waals surface area (Å²) in [5, 5.41) is 11.5. The van der Waals surface area contributed by atoms with Crippen LogP contribution in [0.1, 0.15) is 65.2 Å². The van der Waals surface area contributed by atoms with Gasteiger partial charge in [0.1, 0.15) is 6.04 Å². The second-order valence-corrected chi connectivity index (χ2v) is 4.77. The number of unbranched alkanes of at least 4 members (excludes halogenated alkanes) is 4. The van der Waals surface area contributed by atoms with Gasteiger partial charge in [0.25, 0.3) is 0 Å². The third kappa shape index (κ3) is 10.3. The summed E-state index contributed by atoms with van der Waals surface area (Å²) in [4.78, 5) is 22.4. The van der Waals surface area contributed by atoms with Crippen LogP contribution in [-0.4, -0.2) is 23.0 Å². The number of hydrogen-bond acceptors (Lipinski definition) is 2. The Balaban J connectivity index is 3.78. The summed E-state index contributed by atoms with van der Waals surface area (Å²) in [6.45, 7) is 4.08. The van der Waals surface area contributed by atoms with Gasteiger partial charge in [-0.2, -0.15) is 0 Å². The van der Waals surface area contributed by atoms with E-state index in [1.54, 1.807) is 0 Å². The molecular formula is C15H27NO3. The van der Waals surface area contributed by atoms with Crippen LogP contribution in [-0.2, 0) is 9.59 Å². The van der Waals surface area contributed by atoms with Crippen LogP contribution in [0.5, 0.6) is 0 Å². The Labute approximate surface area is 116 Å². The summed E-state index contributed by atoms with van der Waals surface area (Å²) in [6.07, 6.45) is 11.2. The molecule has 0 aliphatic carbocycles. The highest BCUT2D eigenvalue weighted by atomic mass is 16.4. The molecule has 0 saturated carbocycles. The fraction of sp³-hybridized carbons (Fsp3) is 0.733. The first-order valence-corrected chi connectivity index (χ1v) is 7.29. The second kappa shape index (κ2) is 11.8. The second-order valence-electron chi connectivity index (χ2n) is 4.77. The monoisotopic (exact) mass is 269 g/mol. The molecule has 1 atom stereocenters. The molecule has 0 bridgehead atoms. The van der Waals surface area contributed by atoms with Gasteiger partial charge >= 0.3 is 5.97 Å². The predicted molar refractivity (Wildman–Crippen MR) is 77.0 cm³/mol. The van der Waals surface area contributed by atoms with Crippen LogP contribution in [0.4, 0.5) is 0 Å². The number of allylic oxidation sites excluding steroid dienone is 1. The van der Waals surface area contributed by atoms with E-state index in [-0.39, 0.29) is 12.3 Å². The number of rotatable bonds is 11. The van der Waals surface area contributed by atoms with Gasteiger partial charge in [-0.15, -0.1) is 0 Å². The van der Waals surface area contributed by atoms with Crippen LogP contribution < -0.4 is 5.32 Å². The fourth-order valence-electron chi connectivity index (χ4n) is 1.80. The molecule has 0 rings (SSSR count). The maximum Gasteiger partial charge on any atom is 0.326 e. The lowest BCUT2D eigenvalue weighted by atomic mass is 10.1. The number of aliphatic carboxylic acids is 1. The minimum absolute atomic E-state index is 0.217. The maximum absolute atomic E-state index is 11.5.